The van der Waals surface area contributed by atoms with E-state index in [-0.39, 0.29) is 13.2 Å². The van der Waals surface area contributed by atoms with Crippen LogP contribution in [-0.2, 0) is 40.0 Å². The van der Waals surface area contributed by atoms with Crippen LogP contribution in [0.3, 0.4) is 0 Å². The number of esters is 2. The topological polar surface area (TPSA) is 183 Å². The molecule has 1 rings (SSSR count). The molecule has 0 aliphatic rings. The number of nitrogens with one attached hydrogen (secondary N) is 2. The van der Waals surface area contributed by atoms with Crippen molar-refractivity contribution in [1.82, 2.24) is 10.6 Å². The Kier molecular flexibility index (Phi) is 11.3. The molecule has 0 aliphatic heterocycles. The summed E-state index contributed by atoms with van der Waals surface area (Å²) in [6, 6.07) is 7.51. The van der Waals surface area contributed by atoms with E-state index in [1.807, 2.05) is 6.07 Å². The predicted octanol–water partition coefficient (Wildman–Crippen LogP) is -0.768. The number of alkyl carbamates (subject to hydrolysis) is 1. The van der Waals surface area contributed by atoms with Crippen molar-refractivity contribution >= 4 is 29.8 Å². The van der Waals surface area contributed by atoms with Gasteiger partial charge in [0.1, 0.15) is 12.6 Å². The molecule has 0 aromatic heterocycles. The van der Waals surface area contributed by atoms with Crippen molar-refractivity contribution in [1.29, 1.82) is 0 Å². The first-order valence-electron chi connectivity index (χ1n) is 9.97. The molecular weight excluding hydrogens is 438 g/mol. The van der Waals surface area contributed by atoms with Crippen LogP contribution >= 0.6 is 0 Å². The lowest BCUT2D eigenvalue weighted by Crippen LogP contribution is -2.53. The number of nitrogens with two attached hydrogens (primary N) is 1. The number of primary amides is 1. The van der Waals surface area contributed by atoms with Gasteiger partial charge < -0.3 is 35.7 Å². The highest BCUT2D eigenvalue weighted by molar-refractivity contribution is 5.97. The summed E-state index contributed by atoms with van der Waals surface area (Å²) < 4.78 is 14.1. The molecule has 0 aliphatic carbocycles. The number of carbonyl (C=O) groups excluding carboxylic acids is 5. The van der Waals surface area contributed by atoms with Gasteiger partial charge >= 0.3 is 18.0 Å². The van der Waals surface area contributed by atoms with E-state index in [1.165, 1.54) is 6.92 Å². The van der Waals surface area contributed by atoms with E-state index < -0.39 is 60.2 Å². The fourth-order valence-corrected chi connectivity index (χ4v) is 2.93. The number of aliphatic hydroxyl groups is 1. The zero-order valence-corrected chi connectivity index (χ0v) is 18.6. The number of amides is 3. The summed E-state index contributed by atoms with van der Waals surface area (Å²) in [6.07, 6.45) is -2.60. The molecule has 0 heterocycles. The van der Waals surface area contributed by atoms with E-state index in [0.29, 0.717) is 0 Å². The largest absolute Gasteiger partial charge is 0.468 e. The third kappa shape index (κ3) is 9.15. The normalized spacial score (nSPS) is 13.2. The monoisotopic (exact) mass is 467 g/mol. The lowest BCUT2D eigenvalue weighted by Gasteiger charge is -2.27. The lowest BCUT2D eigenvalue weighted by atomic mass is 9.86. The van der Waals surface area contributed by atoms with Crippen LogP contribution in [-0.4, -0.2) is 67.9 Å². The van der Waals surface area contributed by atoms with Crippen molar-refractivity contribution in [3.05, 3.63) is 35.9 Å². The number of ether oxygens (including phenoxy) is 3. The number of hydrogen-bond donors (Lipinski definition) is 4. The van der Waals surface area contributed by atoms with E-state index in [9.17, 15) is 29.1 Å². The Morgan fingerprint density at radius 3 is 2.12 bits per heavy atom. The van der Waals surface area contributed by atoms with E-state index >= 15 is 0 Å². The average Bonchev–Trinajstić information content (AvgIpc) is 2.79. The van der Waals surface area contributed by atoms with Gasteiger partial charge in [0.2, 0.25) is 11.8 Å². The molecule has 0 radical (unpaired) electrons. The first-order valence-corrected chi connectivity index (χ1v) is 9.97. The Balaban J connectivity index is 2.59. The van der Waals surface area contributed by atoms with Gasteiger partial charge in [-0.3, -0.25) is 19.2 Å². The van der Waals surface area contributed by atoms with Crippen LogP contribution in [0.15, 0.2) is 30.3 Å². The maximum absolute atomic E-state index is 12.3. The van der Waals surface area contributed by atoms with Gasteiger partial charge in [-0.1, -0.05) is 37.3 Å². The second kappa shape index (κ2) is 13.7. The summed E-state index contributed by atoms with van der Waals surface area (Å²) in [4.78, 5) is 59.8. The Labute approximate surface area is 190 Å². The Hall–Kier alpha value is -3.67. The van der Waals surface area contributed by atoms with Gasteiger partial charge in [0.05, 0.1) is 26.7 Å². The van der Waals surface area contributed by atoms with Crippen LogP contribution in [0.1, 0.15) is 18.9 Å². The molecule has 0 saturated heterocycles. The molecule has 0 unspecified atom stereocenters. The number of benzene rings is 1. The van der Waals surface area contributed by atoms with Gasteiger partial charge in [-0.25, -0.2) is 4.79 Å². The minimum absolute atomic E-state index is 0.0307. The van der Waals surface area contributed by atoms with Gasteiger partial charge in [0.25, 0.3) is 0 Å². The highest BCUT2D eigenvalue weighted by Crippen LogP contribution is 2.19. The van der Waals surface area contributed by atoms with Crippen LogP contribution in [0.25, 0.3) is 0 Å². The minimum Gasteiger partial charge on any atom is -0.468 e. The molecular formula is C21H29N3O9. The highest BCUT2D eigenvalue weighted by Gasteiger charge is 2.41. The molecule has 12 nitrogen and oxygen atoms in total. The summed E-state index contributed by atoms with van der Waals surface area (Å²) in [7, 11) is 2.11. The van der Waals surface area contributed by atoms with E-state index in [2.05, 4.69) is 20.1 Å². The van der Waals surface area contributed by atoms with Crippen LogP contribution in [0.2, 0.25) is 0 Å². The summed E-state index contributed by atoms with van der Waals surface area (Å²) >= 11 is 0. The molecule has 182 valence electrons. The van der Waals surface area contributed by atoms with E-state index in [0.717, 1.165) is 19.8 Å². The molecule has 33 heavy (non-hydrogen) atoms. The molecule has 0 fully saturated rings. The summed E-state index contributed by atoms with van der Waals surface area (Å²) in [6.45, 7) is 1.07. The van der Waals surface area contributed by atoms with Crippen molar-refractivity contribution in [2.75, 3.05) is 20.8 Å². The van der Waals surface area contributed by atoms with Gasteiger partial charge in [-0.05, 0) is 5.56 Å². The quantitative estimate of drug-likeness (QED) is 0.174. The number of methoxy groups -OCH3 is 2. The van der Waals surface area contributed by atoms with E-state index in [4.69, 9.17) is 10.5 Å². The molecule has 0 spiro atoms. The minimum atomic E-state index is -1.51. The van der Waals surface area contributed by atoms with Gasteiger partial charge in [0, 0.05) is 12.5 Å². The van der Waals surface area contributed by atoms with Crippen molar-refractivity contribution in [3.63, 3.8) is 0 Å². The number of carbonyl (C=O) groups is 5. The number of hydrogen-bond acceptors (Lipinski definition) is 9. The first kappa shape index (κ1) is 27.4. The molecule has 0 saturated carbocycles. The molecule has 12 heteroatoms. The maximum atomic E-state index is 12.3. The Morgan fingerprint density at radius 2 is 1.61 bits per heavy atom. The number of rotatable bonds is 12. The molecule has 3 amide bonds. The molecule has 1 aromatic rings. The number of aliphatic hydroxyl groups excluding tert-OH is 1. The SMILES string of the molecule is COC(=O)C(C(=O)OC)[C@H](C)[C@H](NC(=O)C[C@H](O)CNC(=O)OCc1ccccc1)C(N)=O. The third-order valence-corrected chi connectivity index (χ3v) is 4.70. The van der Waals surface area contributed by atoms with Gasteiger partial charge in [-0.15, -0.1) is 0 Å². The van der Waals surface area contributed by atoms with Crippen molar-refractivity contribution < 1.29 is 43.3 Å². The van der Waals surface area contributed by atoms with Crippen molar-refractivity contribution in [3.8, 4) is 0 Å². The van der Waals surface area contributed by atoms with Crippen LogP contribution in [0.5, 0.6) is 0 Å². The third-order valence-electron chi connectivity index (χ3n) is 4.70. The highest BCUT2D eigenvalue weighted by atomic mass is 16.6. The zero-order chi connectivity index (χ0) is 25.0. The standard InChI is InChI=1S/C21H29N3O9/c1-12(16(19(28)31-2)20(29)32-3)17(18(22)27)24-15(26)9-14(25)10-23-21(30)33-11-13-7-5-4-6-8-13/h4-8,12,14,16-17,25H,9-11H2,1-3H3,(H2,22,27)(H,23,30)(H,24,26)/t12-,14-,17-/m0/s1. The molecule has 5 N–H and O–H groups in total. The summed E-state index contributed by atoms with van der Waals surface area (Å²) in [5.41, 5.74) is 6.10. The summed E-state index contributed by atoms with van der Waals surface area (Å²) in [5.74, 6) is -6.35. The maximum Gasteiger partial charge on any atom is 0.407 e. The average molecular weight is 467 g/mol. The van der Waals surface area contributed by atoms with Crippen LogP contribution in [0.4, 0.5) is 4.79 Å². The fourth-order valence-electron chi connectivity index (χ4n) is 2.93. The van der Waals surface area contributed by atoms with Crippen LogP contribution in [0, 0.1) is 11.8 Å². The van der Waals surface area contributed by atoms with Gasteiger partial charge in [-0.2, -0.15) is 0 Å². The van der Waals surface area contributed by atoms with Crippen molar-refractivity contribution in [2.45, 2.75) is 32.1 Å². The van der Waals surface area contributed by atoms with Crippen LogP contribution < -0.4 is 16.4 Å². The van der Waals surface area contributed by atoms with Crippen molar-refractivity contribution in [2.24, 2.45) is 17.6 Å². The Morgan fingerprint density at radius 1 is 1.03 bits per heavy atom. The fraction of sp³-hybridized carbons (Fsp3) is 0.476. The second-order valence-corrected chi connectivity index (χ2v) is 7.13. The Bertz CT molecular complexity index is 816. The van der Waals surface area contributed by atoms with Gasteiger partial charge in [0.15, 0.2) is 5.92 Å². The zero-order valence-electron chi connectivity index (χ0n) is 18.6. The van der Waals surface area contributed by atoms with E-state index in [1.54, 1.807) is 24.3 Å². The lowest BCUT2D eigenvalue weighted by molar-refractivity contribution is -0.162. The summed E-state index contributed by atoms with van der Waals surface area (Å²) in [5, 5.41) is 14.6. The molecule has 0 bridgehead atoms. The molecule has 1 aromatic carbocycles. The first-order chi connectivity index (χ1) is 15.6. The molecule has 3 atom stereocenters. The smallest absolute Gasteiger partial charge is 0.407 e. The predicted molar refractivity (Wildman–Crippen MR) is 113 cm³/mol. The second-order valence-electron chi connectivity index (χ2n) is 7.13.